The van der Waals surface area contributed by atoms with Crippen LogP contribution in [0.3, 0.4) is 0 Å². The van der Waals surface area contributed by atoms with Crippen molar-refractivity contribution in [1.29, 1.82) is 0 Å². The molecule has 0 spiro atoms. The summed E-state index contributed by atoms with van der Waals surface area (Å²) >= 11 is 0. The molecule has 1 aliphatic rings. The van der Waals surface area contributed by atoms with Gasteiger partial charge in [0.15, 0.2) is 5.60 Å². The molecule has 2 unspecified atom stereocenters. The second kappa shape index (κ2) is 7.49. The molecule has 2 atom stereocenters. The number of nitrogens with one attached hydrogen (secondary N) is 1. The minimum Gasteiger partial charge on any atom is -0.493 e. The maximum absolute atomic E-state index is 14.0. The summed E-state index contributed by atoms with van der Waals surface area (Å²) in [7, 11) is 0. The number of fused-ring (bicyclic) bond motifs is 2. The molecule has 6 nitrogen and oxygen atoms in total. The smallest absolute Gasteiger partial charge is 0.422 e. The molecule has 0 saturated heterocycles. The molecular weight excluding hydrogens is 411 g/mol. The number of aromatic nitrogens is 2. The number of hydrogen-bond acceptors (Lipinski definition) is 5. The lowest BCUT2D eigenvalue weighted by molar-refractivity contribution is -0.235. The largest absolute Gasteiger partial charge is 0.493 e. The van der Waals surface area contributed by atoms with Crippen LogP contribution in [0, 0.1) is 0 Å². The molecule has 1 aliphatic heterocycles. The van der Waals surface area contributed by atoms with E-state index in [4.69, 9.17) is 4.74 Å². The molecule has 4 rings (SSSR count). The minimum absolute atomic E-state index is 0.108. The van der Waals surface area contributed by atoms with Crippen LogP contribution in [0.2, 0.25) is 0 Å². The fourth-order valence-electron chi connectivity index (χ4n) is 4.00. The Morgan fingerprint density at radius 2 is 2.00 bits per heavy atom. The van der Waals surface area contributed by atoms with Crippen molar-refractivity contribution in [3.05, 3.63) is 64.6 Å². The average molecular weight is 431 g/mol. The van der Waals surface area contributed by atoms with Crippen molar-refractivity contribution in [3.63, 3.8) is 0 Å². The Morgan fingerprint density at radius 3 is 2.77 bits per heavy atom. The van der Waals surface area contributed by atoms with Crippen LogP contribution in [0.15, 0.2) is 58.4 Å². The quantitative estimate of drug-likeness (QED) is 0.610. The molecule has 162 valence electrons. The summed E-state index contributed by atoms with van der Waals surface area (Å²) in [5.41, 5.74) is -3.94. The number of alkyl halides is 3. The SMILES string of the molecule is CC1(CC(O)(/C=N/c2cccc3c(=O)[nH]ncc23)C(F)(F)F)CCOc2ccccc21. The van der Waals surface area contributed by atoms with E-state index in [2.05, 4.69) is 15.2 Å². The number of para-hydroxylation sites is 1. The predicted molar refractivity (Wildman–Crippen MR) is 110 cm³/mol. The maximum Gasteiger partial charge on any atom is 0.422 e. The highest BCUT2D eigenvalue weighted by Gasteiger charge is 2.56. The van der Waals surface area contributed by atoms with E-state index >= 15 is 0 Å². The molecule has 0 bridgehead atoms. The summed E-state index contributed by atoms with van der Waals surface area (Å²) in [6.45, 7) is 1.93. The molecular formula is C22H20F3N3O3. The Bertz CT molecular complexity index is 1210. The third-order valence-corrected chi connectivity index (χ3v) is 5.70. The number of halogens is 3. The van der Waals surface area contributed by atoms with Crippen molar-refractivity contribution in [2.75, 3.05) is 6.61 Å². The Balaban J connectivity index is 1.76. The lowest BCUT2D eigenvalue weighted by atomic mass is 9.70. The van der Waals surface area contributed by atoms with E-state index in [0.29, 0.717) is 23.9 Å². The summed E-state index contributed by atoms with van der Waals surface area (Å²) in [5.74, 6) is 0.511. The van der Waals surface area contributed by atoms with Crippen LogP contribution >= 0.6 is 0 Å². The number of ether oxygens (including phenoxy) is 1. The van der Waals surface area contributed by atoms with E-state index in [1.807, 2.05) is 0 Å². The van der Waals surface area contributed by atoms with Crippen LogP contribution in [0.1, 0.15) is 25.3 Å². The Kier molecular flexibility index (Phi) is 5.09. The van der Waals surface area contributed by atoms with Crippen molar-refractivity contribution in [3.8, 4) is 5.75 Å². The second-order valence-corrected chi connectivity index (χ2v) is 7.95. The number of aromatic amines is 1. The molecule has 31 heavy (non-hydrogen) atoms. The van der Waals surface area contributed by atoms with E-state index in [-0.39, 0.29) is 23.1 Å². The molecule has 0 saturated carbocycles. The van der Waals surface area contributed by atoms with Gasteiger partial charge in [-0.25, -0.2) is 5.10 Å². The summed E-state index contributed by atoms with van der Waals surface area (Å²) in [6, 6.07) is 11.4. The summed E-state index contributed by atoms with van der Waals surface area (Å²) in [6.07, 6.45) is -3.45. The second-order valence-electron chi connectivity index (χ2n) is 7.95. The number of H-pyrrole nitrogens is 1. The van der Waals surface area contributed by atoms with Crippen molar-refractivity contribution in [2.24, 2.45) is 4.99 Å². The van der Waals surface area contributed by atoms with E-state index in [0.717, 1.165) is 0 Å². The van der Waals surface area contributed by atoms with Crippen LogP contribution in [0.25, 0.3) is 10.8 Å². The van der Waals surface area contributed by atoms with Gasteiger partial charge in [0.1, 0.15) is 5.75 Å². The molecule has 0 aliphatic carbocycles. The topological polar surface area (TPSA) is 87.6 Å². The molecule has 9 heteroatoms. The van der Waals surface area contributed by atoms with Gasteiger partial charge in [0.05, 0.1) is 23.9 Å². The van der Waals surface area contributed by atoms with Crippen molar-refractivity contribution in [2.45, 2.75) is 37.0 Å². The van der Waals surface area contributed by atoms with Gasteiger partial charge in [0, 0.05) is 22.6 Å². The van der Waals surface area contributed by atoms with Crippen molar-refractivity contribution in [1.82, 2.24) is 10.2 Å². The van der Waals surface area contributed by atoms with Crippen LogP contribution < -0.4 is 10.3 Å². The van der Waals surface area contributed by atoms with Gasteiger partial charge in [-0.1, -0.05) is 31.2 Å². The first-order chi connectivity index (χ1) is 14.6. The van der Waals surface area contributed by atoms with Crippen LogP contribution in [-0.2, 0) is 5.41 Å². The molecule has 3 aromatic rings. The molecule has 0 fully saturated rings. The number of nitrogens with zero attached hydrogens (tertiary/aromatic N) is 2. The first-order valence-electron chi connectivity index (χ1n) is 9.66. The zero-order valence-corrected chi connectivity index (χ0v) is 16.6. The maximum atomic E-state index is 14.0. The highest BCUT2D eigenvalue weighted by molar-refractivity contribution is 5.93. The molecule has 0 radical (unpaired) electrons. The van der Waals surface area contributed by atoms with E-state index in [1.54, 1.807) is 31.2 Å². The van der Waals surface area contributed by atoms with Crippen LogP contribution in [0.4, 0.5) is 18.9 Å². The van der Waals surface area contributed by atoms with Gasteiger partial charge in [-0.3, -0.25) is 9.79 Å². The first kappa shape index (κ1) is 21.0. The number of benzene rings is 2. The highest BCUT2D eigenvalue weighted by Crippen LogP contribution is 2.47. The number of rotatable bonds is 4. The number of aliphatic imine (C=N–C) groups is 1. The standard InChI is InChI=1S/C22H20F3N3O3/c1-20(9-10-31-18-8-3-2-6-16(18)20)12-21(30,22(23,24)25)13-26-17-7-4-5-14-15(17)11-27-28-19(14)29/h2-8,11,13,30H,9-10,12H2,1H3,(H,28,29)/b26-13+. The third-order valence-electron chi connectivity index (χ3n) is 5.70. The fraction of sp³-hybridized carbons (Fsp3) is 0.318. The van der Waals surface area contributed by atoms with Crippen LogP contribution in [-0.4, -0.2) is 39.9 Å². The molecule has 0 amide bonds. The zero-order valence-electron chi connectivity index (χ0n) is 16.6. The first-order valence-corrected chi connectivity index (χ1v) is 9.66. The van der Waals surface area contributed by atoms with Gasteiger partial charge in [0.2, 0.25) is 0 Å². The molecule has 2 aromatic carbocycles. The van der Waals surface area contributed by atoms with Gasteiger partial charge in [-0.15, -0.1) is 0 Å². The molecule has 1 aromatic heterocycles. The normalized spacial score (nSPS) is 20.9. The van der Waals surface area contributed by atoms with Gasteiger partial charge in [-0.05, 0) is 31.0 Å². The van der Waals surface area contributed by atoms with E-state index in [9.17, 15) is 23.1 Å². The van der Waals surface area contributed by atoms with Crippen molar-refractivity contribution < 1.29 is 23.0 Å². The van der Waals surface area contributed by atoms with E-state index < -0.39 is 29.2 Å². The monoisotopic (exact) mass is 431 g/mol. The Morgan fingerprint density at radius 1 is 1.23 bits per heavy atom. The van der Waals surface area contributed by atoms with E-state index in [1.165, 1.54) is 24.4 Å². The fourth-order valence-corrected chi connectivity index (χ4v) is 4.00. The van der Waals surface area contributed by atoms with Gasteiger partial charge in [-0.2, -0.15) is 18.3 Å². The van der Waals surface area contributed by atoms with Gasteiger partial charge in [0.25, 0.3) is 5.56 Å². The number of hydrogen-bond donors (Lipinski definition) is 2. The summed E-state index contributed by atoms with van der Waals surface area (Å²) < 4.78 is 47.7. The lowest BCUT2D eigenvalue weighted by Gasteiger charge is -2.41. The number of aliphatic hydroxyl groups is 1. The van der Waals surface area contributed by atoms with Crippen LogP contribution in [0.5, 0.6) is 5.75 Å². The van der Waals surface area contributed by atoms with Gasteiger partial charge < -0.3 is 9.84 Å². The van der Waals surface area contributed by atoms with Crippen molar-refractivity contribution >= 4 is 22.7 Å². The third kappa shape index (κ3) is 3.81. The average Bonchev–Trinajstić information content (AvgIpc) is 2.72. The Labute approximate surface area is 175 Å². The molecule has 2 N–H and O–H groups in total. The highest BCUT2D eigenvalue weighted by atomic mass is 19.4. The molecule has 2 heterocycles. The lowest BCUT2D eigenvalue weighted by Crippen LogP contribution is -2.51. The Hall–Kier alpha value is -3.20. The predicted octanol–water partition coefficient (Wildman–Crippen LogP) is 4.05. The summed E-state index contributed by atoms with van der Waals surface area (Å²) in [5, 5.41) is 17.3. The minimum atomic E-state index is -4.97. The zero-order chi connectivity index (χ0) is 22.3. The summed E-state index contributed by atoms with van der Waals surface area (Å²) in [4.78, 5) is 15.8. The van der Waals surface area contributed by atoms with Gasteiger partial charge >= 0.3 is 6.18 Å².